The second-order valence-electron chi connectivity index (χ2n) is 2.87. The molecule has 0 aromatic carbocycles. The van der Waals surface area contributed by atoms with Gasteiger partial charge in [-0.25, -0.2) is 4.79 Å². The predicted molar refractivity (Wildman–Crippen MR) is 50.7 cm³/mol. The van der Waals surface area contributed by atoms with Crippen molar-refractivity contribution in [2.75, 3.05) is 19.7 Å². The van der Waals surface area contributed by atoms with Crippen LogP contribution >= 0.6 is 0 Å². The first-order chi connectivity index (χ1) is 7.38. The first-order valence-electron chi connectivity index (χ1n) is 4.66. The third kappa shape index (κ3) is 7.24. The van der Waals surface area contributed by atoms with Gasteiger partial charge >= 0.3 is 12.1 Å². The van der Waals surface area contributed by atoms with Crippen LogP contribution in [0.1, 0.15) is 6.92 Å². The minimum absolute atomic E-state index is 0.0476. The summed E-state index contributed by atoms with van der Waals surface area (Å²) in [5, 5.41) is 10.9. The number of nitrogens with one attached hydrogen (secondary N) is 1. The van der Waals surface area contributed by atoms with Gasteiger partial charge in [0.15, 0.2) is 6.10 Å². The Labute approximate surface area is 91.1 Å². The second kappa shape index (κ2) is 7.24. The van der Waals surface area contributed by atoms with Gasteiger partial charge in [-0.1, -0.05) is 6.08 Å². The Morgan fingerprint density at radius 3 is 2.69 bits per heavy atom. The SMILES string of the molecule is CCOC(=O)/C=C/CNCC(O)C(F)(F)F. The van der Waals surface area contributed by atoms with Gasteiger partial charge in [-0.2, -0.15) is 13.2 Å². The van der Waals surface area contributed by atoms with Gasteiger partial charge in [0.2, 0.25) is 0 Å². The summed E-state index contributed by atoms with van der Waals surface area (Å²) in [6.07, 6.45) is -4.60. The van der Waals surface area contributed by atoms with Gasteiger partial charge in [0, 0.05) is 19.2 Å². The van der Waals surface area contributed by atoms with Crippen LogP contribution in [-0.2, 0) is 9.53 Å². The van der Waals surface area contributed by atoms with Crippen LogP contribution in [0, 0.1) is 0 Å². The fraction of sp³-hybridized carbons (Fsp3) is 0.667. The first-order valence-corrected chi connectivity index (χ1v) is 4.66. The van der Waals surface area contributed by atoms with Crippen molar-refractivity contribution in [3.05, 3.63) is 12.2 Å². The van der Waals surface area contributed by atoms with E-state index in [1.54, 1.807) is 6.92 Å². The van der Waals surface area contributed by atoms with Crippen molar-refractivity contribution in [1.82, 2.24) is 5.32 Å². The maximum Gasteiger partial charge on any atom is 0.415 e. The largest absolute Gasteiger partial charge is 0.463 e. The quantitative estimate of drug-likeness (QED) is 0.406. The Hall–Kier alpha value is -1.08. The molecule has 16 heavy (non-hydrogen) atoms. The minimum Gasteiger partial charge on any atom is -0.463 e. The van der Waals surface area contributed by atoms with Crippen LogP contribution in [0.5, 0.6) is 0 Å². The van der Waals surface area contributed by atoms with Gasteiger partial charge in [-0.3, -0.25) is 0 Å². The summed E-state index contributed by atoms with van der Waals surface area (Å²) >= 11 is 0. The van der Waals surface area contributed by atoms with Gasteiger partial charge in [0.1, 0.15) is 0 Å². The summed E-state index contributed by atoms with van der Waals surface area (Å²) < 4.78 is 40.0. The molecule has 1 unspecified atom stereocenters. The van der Waals surface area contributed by atoms with Crippen molar-refractivity contribution < 1.29 is 27.8 Å². The molecule has 1 atom stereocenters. The molecule has 7 heteroatoms. The number of halogens is 3. The van der Waals surface area contributed by atoms with Crippen LogP contribution in [-0.4, -0.2) is 43.1 Å². The maximum atomic E-state index is 11.8. The zero-order valence-corrected chi connectivity index (χ0v) is 8.75. The number of aliphatic hydroxyl groups excluding tert-OH is 1. The third-order valence-corrected chi connectivity index (χ3v) is 1.52. The Morgan fingerprint density at radius 1 is 1.56 bits per heavy atom. The standard InChI is InChI=1S/C9H14F3NO3/c1-2-16-8(15)4-3-5-13-6-7(14)9(10,11)12/h3-4,7,13-14H,2,5-6H2,1H3/b4-3+. The lowest BCUT2D eigenvalue weighted by Gasteiger charge is -2.14. The van der Waals surface area contributed by atoms with Crippen LogP contribution in [0.25, 0.3) is 0 Å². The van der Waals surface area contributed by atoms with E-state index >= 15 is 0 Å². The molecule has 0 fully saturated rings. The van der Waals surface area contributed by atoms with Crippen LogP contribution in [0.4, 0.5) is 13.2 Å². The third-order valence-electron chi connectivity index (χ3n) is 1.52. The topological polar surface area (TPSA) is 58.6 Å². The lowest BCUT2D eigenvalue weighted by molar-refractivity contribution is -0.201. The Bertz CT molecular complexity index is 241. The van der Waals surface area contributed by atoms with Gasteiger partial charge < -0.3 is 15.2 Å². The number of carbonyl (C=O) groups is 1. The van der Waals surface area contributed by atoms with Crippen molar-refractivity contribution >= 4 is 5.97 Å². The molecule has 0 saturated carbocycles. The van der Waals surface area contributed by atoms with E-state index in [1.807, 2.05) is 0 Å². The molecule has 0 aliphatic rings. The van der Waals surface area contributed by atoms with E-state index in [2.05, 4.69) is 10.1 Å². The molecule has 0 heterocycles. The number of hydrogen-bond donors (Lipinski definition) is 2. The van der Waals surface area contributed by atoms with E-state index in [-0.39, 0.29) is 13.2 Å². The molecule has 0 aromatic heterocycles. The highest BCUT2D eigenvalue weighted by molar-refractivity contribution is 5.81. The smallest absolute Gasteiger partial charge is 0.415 e. The Kier molecular flexibility index (Phi) is 6.75. The van der Waals surface area contributed by atoms with Gasteiger partial charge in [-0.05, 0) is 6.92 Å². The first kappa shape index (κ1) is 14.9. The molecule has 0 rings (SSSR count). The molecule has 0 bridgehead atoms. The van der Waals surface area contributed by atoms with E-state index in [4.69, 9.17) is 5.11 Å². The molecule has 0 radical (unpaired) electrons. The second-order valence-corrected chi connectivity index (χ2v) is 2.87. The van der Waals surface area contributed by atoms with Crippen molar-refractivity contribution in [2.24, 2.45) is 0 Å². The fourth-order valence-electron chi connectivity index (χ4n) is 0.765. The zero-order valence-electron chi connectivity index (χ0n) is 8.75. The van der Waals surface area contributed by atoms with Crippen LogP contribution < -0.4 is 5.32 Å². The minimum atomic E-state index is -4.63. The summed E-state index contributed by atoms with van der Waals surface area (Å²) in [4.78, 5) is 10.7. The number of rotatable bonds is 6. The number of carbonyl (C=O) groups excluding carboxylic acids is 1. The van der Waals surface area contributed by atoms with Crippen molar-refractivity contribution in [3.8, 4) is 0 Å². The molecule has 2 N–H and O–H groups in total. The number of hydrogen-bond acceptors (Lipinski definition) is 4. The average Bonchev–Trinajstić information content (AvgIpc) is 2.16. The lowest BCUT2D eigenvalue weighted by Crippen LogP contribution is -2.38. The van der Waals surface area contributed by atoms with Crippen LogP contribution in [0.15, 0.2) is 12.2 Å². The summed E-state index contributed by atoms with van der Waals surface area (Å²) in [6.45, 7) is 1.32. The Balaban J connectivity index is 3.64. The number of ether oxygens (including phenoxy) is 1. The van der Waals surface area contributed by atoms with E-state index in [1.165, 1.54) is 6.08 Å². The maximum absolute atomic E-state index is 11.8. The molecule has 0 aliphatic carbocycles. The normalized spacial score (nSPS) is 14.1. The molecule has 0 saturated heterocycles. The monoisotopic (exact) mass is 241 g/mol. The lowest BCUT2D eigenvalue weighted by atomic mass is 10.3. The number of alkyl halides is 3. The number of esters is 1. The van der Waals surface area contributed by atoms with Crippen molar-refractivity contribution in [1.29, 1.82) is 0 Å². The zero-order chi connectivity index (χ0) is 12.6. The predicted octanol–water partition coefficient (Wildman–Crippen LogP) is 0.618. The molecule has 0 aliphatic heterocycles. The summed E-state index contributed by atoms with van der Waals surface area (Å²) in [7, 11) is 0. The number of aliphatic hydroxyl groups is 1. The van der Waals surface area contributed by atoms with Gasteiger partial charge in [-0.15, -0.1) is 0 Å². The average molecular weight is 241 g/mol. The summed E-state index contributed by atoms with van der Waals surface area (Å²) in [5.41, 5.74) is 0. The molecule has 0 aromatic rings. The molecular formula is C9H14F3NO3. The van der Waals surface area contributed by atoms with Crippen molar-refractivity contribution in [3.63, 3.8) is 0 Å². The fourth-order valence-corrected chi connectivity index (χ4v) is 0.765. The van der Waals surface area contributed by atoms with Crippen LogP contribution in [0.2, 0.25) is 0 Å². The highest BCUT2D eigenvalue weighted by Crippen LogP contribution is 2.18. The molecule has 0 amide bonds. The molecule has 0 spiro atoms. The molecular weight excluding hydrogens is 227 g/mol. The van der Waals surface area contributed by atoms with E-state index in [0.29, 0.717) is 0 Å². The molecule has 94 valence electrons. The van der Waals surface area contributed by atoms with Crippen molar-refractivity contribution in [2.45, 2.75) is 19.2 Å². The van der Waals surface area contributed by atoms with Gasteiger partial charge in [0.05, 0.1) is 6.61 Å². The van der Waals surface area contributed by atoms with E-state index < -0.39 is 24.8 Å². The highest BCUT2D eigenvalue weighted by Gasteiger charge is 2.37. The van der Waals surface area contributed by atoms with E-state index in [0.717, 1.165) is 6.08 Å². The highest BCUT2D eigenvalue weighted by atomic mass is 19.4. The summed E-state index contributed by atoms with van der Waals surface area (Å²) in [6, 6.07) is 0. The van der Waals surface area contributed by atoms with Crippen LogP contribution in [0.3, 0.4) is 0 Å². The van der Waals surface area contributed by atoms with Gasteiger partial charge in [0.25, 0.3) is 0 Å². The molecule has 4 nitrogen and oxygen atoms in total. The van der Waals surface area contributed by atoms with E-state index in [9.17, 15) is 18.0 Å². The Morgan fingerprint density at radius 2 is 2.19 bits per heavy atom. The summed E-state index contributed by atoms with van der Waals surface area (Å²) in [5.74, 6) is -0.555.